The Labute approximate surface area is 602 Å². The molecule has 24 atom stereocenters. The molecule has 0 fully saturated rings. The van der Waals surface area contributed by atoms with Crippen LogP contribution in [-0.4, -0.2) is 49.4 Å². The SMILES string of the molecule is CC1c2cccc3c2C2c4c(cc5c6c4-c4c7c8c(c9c4C2N1C(c1ccccc1)C9N)C(C)N1C(c2ccccc2)C(N)c2cc4c9c%10c2C1C8c1c-%10c2c(c8c1C7C6N(C8C)C(c1ccccc1)C5N)C(N)C(c1ccccc1)N1C(C)c5cccc(c5C9C21)C4C(N)C(=O)O)C3C(N)OC=O. The Bertz CT molecular complexity index is 5690. The summed E-state index contributed by atoms with van der Waals surface area (Å²) in [6.45, 7) is 10.3. The minimum Gasteiger partial charge on any atom is -0.480 e. The van der Waals surface area contributed by atoms with Gasteiger partial charge < -0.3 is 38.5 Å². The number of ether oxygens (including phenoxy) is 1. The molecule has 25 rings (SSSR count). The van der Waals surface area contributed by atoms with Crippen molar-refractivity contribution in [2.75, 3.05) is 0 Å². The molecule has 10 aromatic rings. The van der Waals surface area contributed by atoms with Crippen molar-refractivity contribution in [3.05, 3.63) is 326 Å². The number of carboxylic acid groups (broad SMARTS) is 1. The van der Waals surface area contributed by atoms with E-state index in [-0.39, 0.29) is 96.2 Å². The van der Waals surface area contributed by atoms with Crippen LogP contribution in [0.3, 0.4) is 0 Å². The van der Waals surface area contributed by atoms with Crippen molar-refractivity contribution >= 4 is 12.4 Å². The number of aliphatic carboxylic acids is 1. The zero-order valence-corrected chi connectivity index (χ0v) is 58.0. The van der Waals surface area contributed by atoms with Crippen LogP contribution in [0.2, 0.25) is 0 Å². The number of benzene rings is 10. The fourth-order valence-corrected chi connectivity index (χ4v) is 27.3. The van der Waals surface area contributed by atoms with Gasteiger partial charge in [0.05, 0.1) is 42.2 Å². The molecule has 14 heteroatoms. The lowest BCUT2D eigenvalue weighted by molar-refractivity contribution is -0.139. The maximum absolute atomic E-state index is 14.2. The molecular weight excluding hydrogens is 1290 g/mol. The molecule has 512 valence electrons. The first-order valence-electron chi connectivity index (χ1n) is 38.0. The minimum absolute atomic E-state index is 0.102. The lowest BCUT2D eigenvalue weighted by Crippen LogP contribution is -2.59. The van der Waals surface area contributed by atoms with Gasteiger partial charge in [0, 0.05) is 90.0 Å². The Kier molecular flexibility index (Phi) is 11.0. The number of carboxylic acids is 1. The van der Waals surface area contributed by atoms with E-state index in [0.717, 1.165) is 44.5 Å². The third kappa shape index (κ3) is 6.24. The van der Waals surface area contributed by atoms with E-state index in [1.54, 1.807) is 0 Å². The summed E-state index contributed by atoms with van der Waals surface area (Å²) in [5.41, 5.74) is 89.2. The van der Waals surface area contributed by atoms with Gasteiger partial charge in [-0.15, -0.1) is 0 Å². The molecule has 0 spiro atoms. The second kappa shape index (κ2) is 19.4. The molecule has 0 saturated carbocycles. The predicted octanol–water partition coefficient (Wildman–Crippen LogP) is 14.4. The van der Waals surface area contributed by atoms with Crippen LogP contribution < -0.4 is 34.4 Å². The van der Waals surface area contributed by atoms with Gasteiger partial charge in [0.1, 0.15) is 6.04 Å². The summed E-state index contributed by atoms with van der Waals surface area (Å²) in [6.07, 6.45) is -0.999. The highest BCUT2D eigenvalue weighted by Crippen LogP contribution is 2.83. The molecule has 15 aliphatic rings. The van der Waals surface area contributed by atoms with Crippen LogP contribution in [0, 0.1) is 0 Å². The van der Waals surface area contributed by atoms with Crippen LogP contribution in [0.25, 0.3) is 22.3 Å². The number of fused-ring (bicyclic) bond motifs is 2. The number of rotatable bonds is 9. The molecule has 7 aliphatic carbocycles. The largest absolute Gasteiger partial charge is 0.480 e. The summed E-state index contributed by atoms with van der Waals surface area (Å²) >= 11 is 0. The van der Waals surface area contributed by atoms with Crippen LogP contribution in [-0.2, 0) is 14.3 Å². The first-order chi connectivity index (χ1) is 50.7. The Balaban J connectivity index is 0.917. The summed E-state index contributed by atoms with van der Waals surface area (Å²) < 4.78 is 6.13. The number of nitrogens with two attached hydrogens (primary N) is 6. The second-order valence-electron chi connectivity index (χ2n) is 33.3. The molecule has 104 heavy (non-hydrogen) atoms. The molecule has 8 heterocycles. The third-order valence-electron chi connectivity index (χ3n) is 30.1. The summed E-state index contributed by atoms with van der Waals surface area (Å²) in [6, 6.07) is 56.6. The average molecular weight is 1360 g/mol. The molecule has 0 amide bonds. The highest BCUT2D eigenvalue weighted by atomic mass is 16.5. The van der Waals surface area contributed by atoms with E-state index in [1.165, 1.54) is 134 Å². The predicted molar refractivity (Wildman–Crippen MR) is 395 cm³/mol. The van der Waals surface area contributed by atoms with E-state index < -0.39 is 54.2 Å². The molecule has 0 bridgehead atoms. The van der Waals surface area contributed by atoms with Crippen molar-refractivity contribution in [1.82, 2.24) is 19.6 Å². The van der Waals surface area contributed by atoms with Gasteiger partial charge in [-0.3, -0.25) is 34.9 Å². The van der Waals surface area contributed by atoms with Gasteiger partial charge in [0.15, 0.2) is 6.23 Å². The van der Waals surface area contributed by atoms with Crippen molar-refractivity contribution in [2.45, 2.75) is 172 Å². The van der Waals surface area contributed by atoms with Crippen LogP contribution >= 0.6 is 0 Å². The standard InChI is InChI=1S/C90H78N10O4/c1-34-42-27-17-29-44-52(42)70-56-46(54(44)80(95)90(102)103)31-48-58-62(56)66-64-60-50(68-74(66)87(70)97(34)83(78(68)93)40-23-13-7-14-24-40)37(4)100-82(39-21-11-6-12-22-39)77(92)49-32-47-55(89(96)104-33-101)45-30-18-28-43-35(2)98-84(41-25-15-8-16-26-41)79(94)69-51-36(3)99(81(76(48)91)38-19-9-5-10-20-38)85(58)72(64)61(51)65-67-63(59(49)86(100)73(60)65)57(47)71(53(43)45)88(98)75(67)69/h5-37,54-55,70-73,76-89H,91-96H2,1-4H3,(H,102,103). The average Bonchev–Trinajstić information content (AvgIpc) is 0.622. The quantitative estimate of drug-likeness (QED) is 0.0526. The number of hydrogen-bond acceptors (Lipinski definition) is 13. The zero-order valence-electron chi connectivity index (χ0n) is 58.0. The zero-order chi connectivity index (χ0) is 69.4. The number of nitrogens with zero attached hydrogens (tertiary/aromatic N) is 4. The molecule has 8 aliphatic heterocycles. The highest BCUT2D eigenvalue weighted by molar-refractivity contribution is 5.99. The van der Waals surface area contributed by atoms with Crippen molar-refractivity contribution in [2.24, 2.45) is 34.4 Å². The Morgan fingerprint density at radius 3 is 1.08 bits per heavy atom. The molecule has 24 unspecified atom stereocenters. The molecule has 0 saturated heterocycles. The van der Waals surface area contributed by atoms with Gasteiger partial charge in [-0.2, -0.15) is 0 Å². The van der Waals surface area contributed by atoms with Crippen molar-refractivity contribution < 1.29 is 19.4 Å². The topological polar surface area (TPSA) is 233 Å². The van der Waals surface area contributed by atoms with Crippen molar-refractivity contribution in [1.29, 1.82) is 0 Å². The minimum atomic E-state index is -1.25. The summed E-state index contributed by atoms with van der Waals surface area (Å²) in [4.78, 5) is 38.6. The Hall–Kier alpha value is -9.26. The van der Waals surface area contributed by atoms with Gasteiger partial charge in [-0.05, 0) is 206 Å². The van der Waals surface area contributed by atoms with Gasteiger partial charge in [-0.25, -0.2) is 0 Å². The molecule has 13 N–H and O–H groups in total. The van der Waals surface area contributed by atoms with Crippen LogP contribution in [0.15, 0.2) is 170 Å². The summed E-state index contributed by atoms with van der Waals surface area (Å²) in [5.74, 6) is -3.02. The lowest BCUT2D eigenvalue weighted by Gasteiger charge is -2.69. The fraction of sp³-hybridized carbons (Fsp3) is 0.311. The van der Waals surface area contributed by atoms with E-state index in [1.807, 2.05) is 0 Å². The second-order valence-corrected chi connectivity index (χ2v) is 33.3. The fourth-order valence-electron chi connectivity index (χ4n) is 27.3. The van der Waals surface area contributed by atoms with E-state index >= 15 is 0 Å². The molecule has 0 aromatic heterocycles. The first kappa shape index (κ1) is 59.0. The normalized spacial score (nSPS) is 34.3. The lowest BCUT2D eigenvalue weighted by atomic mass is 9.45. The van der Waals surface area contributed by atoms with E-state index in [4.69, 9.17) is 39.1 Å². The maximum Gasteiger partial charge on any atom is 0.321 e. The first-order valence-corrected chi connectivity index (χ1v) is 38.0. The van der Waals surface area contributed by atoms with Crippen LogP contribution in [0.1, 0.15) is 316 Å². The van der Waals surface area contributed by atoms with Crippen molar-refractivity contribution in [3.8, 4) is 22.3 Å². The highest BCUT2D eigenvalue weighted by Gasteiger charge is 2.71. The smallest absolute Gasteiger partial charge is 0.321 e. The summed E-state index contributed by atoms with van der Waals surface area (Å²) in [7, 11) is 0. The Morgan fingerprint density at radius 2 is 0.683 bits per heavy atom. The maximum atomic E-state index is 14.2. The molecular formula is C90H78N10O4. The third-order valence-corrected chi connectivity index (χ3v) is 30.1. The summed E-state index contributed by atoms with van der Waals surface area (Å²) in [5, 5.41) is 11.6. The molecule has 10 aromatic carbocycles. The van der Waals surface area contributed by atoms with Gasteiger partial charge in [0.2, 0.25) is 0 Å². The van der Waals surface area contributed by atoms with Crippen LogP contribution in [0.4, 0.5) is 0 Å². The monoisotopic (exact) mass is 1360 g/mol. The number of carbonyl (C=O) groups excluding carboxylic acids is 1. The van der Waals surface area contributed by atoms with E-state index in [2.05, 4.69) is 217 Å². The molecule has 0 radical (unpaired) electrons. The van der Waals surface area contributed by atoms with Crippen LogP contribution in [0.5, 0.6) is 0 Å². The van der Waals surface area contributed by atoms with Gasteiger partial charge in [-0.1, -0.05) is 170 Å². The Morgan fingerprint density at radius 1 is 0.346 bits per heavy atom. The van der Waals surface area contributed by atoms with E-state index in [9.17, 15) is 14.7 Å². The van der Waals surface area contributed by atoms with E-state index in [0.29, 0.717) is 6.47 Å². The molecule has 14 nitrogen and oxygen atoms in total. The van der Waals surface area contributed by atoms with Crippen molar-refractivity contribution in [3.63, 3.8) is 0 Å². The number of hydrogen-bond donors (Lipinski definition) is 7. The van der Waals surface area contributed by atoms with Gasteiger partial charge >= 0.3 is 5.97 Å². The number of carbonyl (C=O) groups is 2. The van der Waals surface area contributed by atoms with Gasteiger partial charge in [0.25, 0.3) is 6.47 Å².